The average Bonchev–Trinajstić information content (AvgIpc) is 2.97. The van der Waals surface area contributed by atoms with Crippen LogP contribution in [0.3, 0.4) is 0 Å². The predicted octanol–water partition coefficient (Wildman–Crippen LogP) is 0.890. The van der Waals surface area contributed by atoms with Gasteiger partial charge in [-0.3, -0.25) is 0 Å². The fraction of sp³-hybridized carbons (Fsp3) is 0.500. The highest BCUT2D eigenvalue weighted by atomic mass is 16.5. The van der Waals surface area contributed by atoms with Crippen molar-refractivity contribution in [3.05, 3.63) is 24.2 Å². The fourth-order valence-electron chi connectivity index (χ4n) is 2.32. The van der Waals surface area contributed by atoms with Crippen LogP contribution in [0.2, 0.25) is 0 Å². The molecule has 1 saturated heterocycles. The highest BCUT2D eigenvalue weighted by Crippen LogP contribution is 2.19. The smallest absolute Gasteiger partial charge is 0.198 e. The van der Waals surface area contributed by atoms with Crippen molar-refractivity contribution in [1.29, 1.82) is 0 Å². The van der Waals surface area contributed by atoms with Crippen LogP contribution in [-0.4, -0.2) is 34.8 Å². The highest BCUT2D eigenvalue weighted by Gasteiger charge is 2.18. The molecule has 0 bridgehead atoms. The molecule has 1 aliphatic rings. The van der Waals surface area contributed by atoms with Crippen LogP contribution in [0.25, 0.3) is 5.65 Å². The number of ether oxygens (including phenoxy) is 1. The zero-order valence-electron chi connectivity index (χ0n) is 9.89. The van der Waals surface area contributed by atoms with E-state index in [1.807, 2.05) is 18.3 Å². The Hall–Kier alpha value is -1.62. The summed E-state index contributed by atoms with van der Waals surface area (Å²) in [6.45, 7) is 2.19. The van der Waals surface area contributed by atoms with Crippen molar-refractivity contribution in [2.24, 2.45) is 5.92 Å². The first kappa shape index (κ1) is 10.5. The Balaban J connectivity index is 1.90. The molecule has 1 aliphatic heterocycles. The van der Waals surface area contributed by atoms with Gasteiger partial charge in [-0.1, -0.05) is 0 Å². The monoisotopic (exact) mass is 232 g/mol. The topological polar surface area (TPSA) is 51.5 Å². The molecule has 90 valence electrons. The molecule has 0 saturated carbocycles. The zero-order chi connectivity index (χ0) is 11.7. The molecule has 0 aliphatic carbocycles. The molecule has 5 heteroatoms. The summed E-state index contributed by atoms with van der Waals surface area (Å²) in [5, 5.41) is 7.84. The van der Waals surface area contributed by atoms with E-state index < -0.39 is 0 Å². The Bertz CT molecular complexity index is 516. The molecule has 0 radical (unpaired) electrons. The Morgan fingerprint density at radius 3 is 3.29 bits per heavy atom. The summed E-state index contributed by atoms with van der Waals surface area (Å²) < 4.78 is 7.06. The van der Waals surface area contributed by atoms with Gasteiger partial charge in [0, 0.05) is 12.6 Å². The van der Waals surface area contributed by atoms with E-state index in [1.165, 1.54) is 6.42 Å². The lowest BCUT2D eigenvalue weighted by Crippen LogP contribution is -2.11. The SMILES string of the molecule is COc1cccn2nc(CC3CCNC3)nc12. The van der Waals surface area contributed by atoms with E-state index in [0.29, 0.717) is 5.92 Å². The molecule has 3 heterocycles. The standard InChI is InChI=1S/C12H16N4O/c1-17-10-3-2-6-16-12(10)14-11(15-16)7-9-4-5-13-8-9/h2-3,6,9,13H,4-5,7-8H2,1H3. The van der Waals surface area contributed by atoms with Gasteiger partial charge in [-0.05, 0) is 37.6 Å². The molecule has 0 amide bonds. The summed E-state index contributed by atoms with van der Waals surface area (Å²) in [7, 11) is 1.66. The first-order valence-corrected chi connectivity index (χ1v) is 5.96. The molecule has 1 fully saturated rings. The number of rotatable bonds is 3. The van der Waals surface area contributed by atoms with Gasteiger partial charge in [-0.2, -0.15) is 5.10 Å². The molecule has 5 nitrogen and oxygen atoms in total. The maximum atomic E-state index is 5.28. The minimum atomic E-state index is 0.665. The highest BCUT2D eigenvalue weighted by molar-refractivity contribution is 5.52. The third-order valence-electron chi connectivity index (χ3n) is 3.22. The number of fused-ring (bicyclic) bond motifs is 1. The fourth-order valence-corrected chi connectivity index (χ4v) is 2.32. The normalized spacial score (nSPS) is 19.9. The molecule has 17 heavy (non-hydrogen) atoms. The lowest BCUT2D eigenvalue weighted by Gasteiger charge is -2.02. The molecule has 3 rings (SSSR count). The van der Waals surface area contributed by atoms with Gasteiger partial charge >= 0.3 is 0 Å². The van der Waals surface area contributed by atoms with Gasteiger partial charge in [-0.25, -0.2) is 9.50 Å². The second-order valence-corrected chi connectivity index (χ2v) is 4.44. The molecule has 0 aromatic carbocycles. The van der Waals surface area contributed by atoms with E-state index in [2.05, 4.69) is 15.4 Å². The van der Waals surface area contributed by atoms with Gasteiger partial charge < -0.3 is 10.1 Å². The first-order chi connectivity index (χ1) is 8.36. The minimum Gasteiger partial charge on any atom is -0.493 e. The molecule has 1 atom stereocenters. The molecule has 1 N–H and O–H groups in total. The summed E-state index contributed by atoms with van der Waals surface area (Å²) in [6.07, 6.45) is 4.06. The number of methoxy groups -OCH3 is 1. The van der Waals surface area contributed by atoms with Gasteiger partial charge in [0.1, 0.15) is 0 Å². The molecular weight excluding hydrogens is 216 g/mol. The Morgan fingerprint density at radius 2 is 2.53 bits per heavy atom. The number of pyridine rings is 1. The van der Waals surface area contributed by atoms with Crippen LogP contribution >= 0.6 is 0 Å². The van der Waals surface area contributed by atoms with E-state index >= 15 is 0 Å². The summed E-state index contributed by atoms with van der Waals surface area (Å²) in [5.74, 6) is 2.34. The summed E-state index contributed by atoms with van der Waals surface area (Å²) >= 11 is 0. The molecule has 2 aromatic heterocycles. The maximum absolute atomic E-state index is 5.28. The van der Waals surface area contributed by atoms with Crippen LogP contribution in [-0.2, 0) is 6.42 Å². The second-order valence-electron chi connectivity index (χ2n) is 4.44. The third-order valence-corrected chi connectivity index (χ3v) is 3.22. The van der Waals surface area contributed by atoms with E-state index in [0.717, 1.165) is 36.7 Å². The van der Waals surface area contributed by atoms with Gasteiger partial charge in [0.2, 0.25) is 0 Å². The van der Waals surface area contributed by atoms with Crippen molar-refractivity contribution >= 4 is 5.65 Å². The van der Waals surface area contributed by atoms with E-state index in [9.17, 15) is 0 Å². The van der Waals surface area contributed by atoms with Crippen LogP contribution in [0, 0.1) is 5.92 Å². The third kappa shape index (κ3) is 1.98. The van der Waals surface area contributed by atoms with Gasteiger partial charge in [-0.15, -0.1) is 0 Å². The number of hydrogen-bond donors (Lipinski definition) is 1. The second kappa shape index (κ2) is 4.33. The Kier molecular flexibility index (Phi) is 2.68. The van der Waals surface area contributed by atoms with Crippen molar-refractivity contribution in [2.45, 2.75) is 12.8 Å². The van der Waals surface area contributed by atoms with Crippen LogP contribution < -0.4 is 10.1 Å². The van der Waals surface area contributed by atoms with Crippen molar-refractivity contribution in [3.63, 3.8) is 0 Å². The molecule has 2 aromatic rings. The number of nitrogens with one attached hydrogen (secondary N) is 1. The van der Waals surface area contributed by atoms with Crippen LogP contribution in [0.1, 0.15) is 12.2 Å². The maximum Gasteiger partial charge on any atom is 0.198 e. The summed E-state index contributed by atoms with van der Waals surface area (Å²) in [6, 6.07) is 3.83. The van der Waals surface area contributed by atoms with Crippen LogP contribution in [0.4, 0.5) is 0 Å². The van der Waals surface area contributed by atoms with Crippen molar-refractivity contribution in [2.75, 3.05) is 20.2 Å². The van der Waals surface area contributed by atoms with Crippen molar-refractivity contribution in [1.82, 2.24) is 19.9 Å². The molecule has 0 spiro atoms. The zero-order valence-corrected chi connectivity index (χ0v) is 9.89. The minimum absolute atomic E-state index is 0.665. The quantitative estimate of drug-likeness (QED) is 0.854. The average molecular weight is 232 g/mol. The van der Waals surface area contributed by atoms with E-state index in [4.69, 9.17) is 4.74 Å². The van der Waals surface area contributed by atoms with Crippen LogP contribution in [0.5, 0.6) is 5.75 Å². The Morgan fingerprint density at radius 1 is 1.59 bits per heavy atom. The first-order valence-electron chi connectivity index (χ1n) is 5.96. The number of nitrogens with zero attached hydrogens (tertiary/aromatic N) is 3. The Labute approximate surface area is 99.8 Å². The van der Waals surface area contributed by atoms with Gasteiger partial charge in [0.05, 0.1) is 7.11 Å². The van der Waals surface area contributed by atoms with Crippen LogP contribution in [0.15, 0.2) is 18.3 Å². The number of aromatic nitrogens is 3. The van der Waals surface area contributed by atoms with Gasteiger partial charge in [0.25, 0.3) is 0 Å². The molecule has 1 unspecified atom stereocenters. The molecular formula is C12H16N4O. The van der Waals surface area contributed by atoms with E-state index in [1.54, 1.807) is 11.6 Å². The summed E-state index contributed by atoms with van der Waals surface area (Å²) in [4.78, 5) is 4.55. The largest absolute Gasteiger partial charge is 0.493 e. The van der Waals surface area contributed by atoms with E-state index in [-0.39, 0.29) is 0 Å². The predicted molar refractivity (Wildman–Crippen MR) is 64.2 cm³/mol. The summed E-state index contributed by atoms with van der Waals surface area (Å²) in [5.41, 5.74) is 0.802. The van der Waals surface area contributed by atoms with Crippen molar-refractivity contribution in [3.8, 4) is 5.75 Å². The number of hydrogen-bond acceptors (Lipinski definition) is 4. The van der Waals surface area contributed by atoms with Crippen molar-refractivity contribution < 1.29 is 4.74 Å². The lowest BCUT2D eigenvalue weighted by atomic mass is 10.1. The lowest BCUT2D eigenvalue weighted by molar-refractivity contribution is 0.416. The van der Waals surface area contributed by atoms with Gasteiger partial charge in [0.15, 0.2) is 17.2 Å².